The average molecular weight is 1440 g/mol. The lowest BCUT2D eigenvalue weighted by molar-refractivity contribution is 0.0145. The van der Waals surface area contributed by atoms with E-state index in [-0.39, 0.29) is 0 Å². The molecular weight excluding hydrogens is 1350 g/mol. The fraction of sp³-hybridized carbons (Fsp3) is 0.312. The van der Waals surface area contributed by atoms with Gasteiger partial charge in [0.25, 0.3) is 0 Å². The lowest BCUT2D eigenvalue weighted by atomic mass is 9.72. The first kappa shape index (κ1) is 69.4. The summed E-state index contributed by atoms with van der Waals surface area (Å²) in [6.45, 7) is 10.4. The van der Waals surface area contributed by atoms with Gasteiger partial charge in [-0.2, -0.15) is 0 Å². The Balaban J connectivity index is 0.841. The molecule has 19 rings (SSSR count). The Hall–Kier alpha value is -9.06. The zero-order chi connectivity index (χ0) is 72.5. The van der Waals surface area contributed by atoms with Crippen molar-refractivity contribution in [3.63, 3.8) is 0 Å². The molecule has 0 bridgehead atoms. The van der Waals surface area contributed by atoms with Crippen molar-refractivity contribution in [1.82, 2.24) is 0 Å². The second-order valence-electron chi connectivity index (χ2n) is 29.7. The third kappa shape index (κ3) is 11.1. The van der Waals surface area contributed by atoms with E-state index in [2.05, 4.69) is 182 Å². The van der Waals surface area contributed by atoms with E-state index in [1.165, 1.54) is 196 Å². The summed E-state index contributed by atoms with van der Waals surface area (Å²) in [6, 6.07) is 71.5. The molecule has 0 unspecified atom stereocenters. The Morgan fingerprint density at radius 3 is 0.704 bits per heavy atom. The van der Waals surface area contributed by atoms with Gasteiger partial charge in [-0.1, -0.05) is 146 Å². The van der Waals surface area contributed by atoms with Crippen LogP contribution >= 0.6 is 0 Å². The van der Waals surface area contributed by atoms with Crippen molar-refractivity contribution in [3.05, 3.63) is 204 Å². The summed E-state index contributed by atoms with van der Waals surface area (Å²) in [6.07, 6.45) is 3.04. The van der Waals surface area contributed by atoms with Gasteiger partial charge < -0.3 is 56.8 Å². The van der Waals surface area contributed by atoms with Crippen molar-refractivity contribution in [1.29, 1.82) is 0 Å². The maximum Gasteiger partial charge on any atom is 0.0701 e. The minimum Gasteiger partial charge on any atom is -0.382 e. The van der Waals surface area contributed by atoms with Crippen LogP contribution < -0.4 is 0 Å². The maximum absolute atomic E-state index is 6.55. The first-order valence-corrected chi connectivity index (χ1v) is 38.7. The largest absolute Gasteiger partial charge is 0.382 e. The molecule has 0 saturated carbocycles. The van der Waals surface area contributed by atoms with E-state index in [0.29, 0.717) is 132 Å². The first-order chi connectivity index (χ1) is 53.5. The lowest BCUT2D eigenvalue weighted by Gasteiger charge is -2.33. The Morgan fingerprint density at radius 2 is 0.417 bits per heavy atom. The Morgan fingerprint density at radius 1 is 0.185 bits per heavy atom. The Kier molecular flexibility index (Phi) is 18.9. The van der Waals surface area contributed by atoms with Crippen LogP contribution in [0.3, 0.4) is 0 Å². The summed E-state index contributed by atoms with van der Waals surface area (Å²) >= 11 is 0. The quantitative estimate of drug-likeness (QED) is 0.0209. The molecular formula is C96H90O12. The predicted octanol–water partition coefficient (Wildman–Crippen LogP) is 20.3. The first-order valence-electron chi connectivity index (χ1n) is 38.7. The Bertz CT molecular complexity index is 5670. The molecule has 17 aromatic carbocycles. The minimum atomic E-state index is -0.428. The van der Waals surface area contributed by atoms with Crippen LogP contribution in [0, 0.1) is 0 Å². The van der Waals surface area contributed by atoms with Gasteiger partial charge in [0.1, 0.15) is 0 Å². The zero-order valence-corrected chi connectivity index (χ0v) is 62.2. The summed E-state index contributed by atoms with van der Waals surface area (Å²) in [5, 5.41) is 31.8. The molecule has 12 nitrogen and oxygen atoms in total. The summed E-state index contributed by atoms with van der Waals surface area (Å²) in [5.74, 6) is 0. The SMILES string of the molecule is COCCOCCOCCC1(CCOCCOCCOC)c2ccccc2-c2ccc(-c3cc4c5cccc6c7cccc8c9cccc%10c%11cccc%12c%13cc(-c%14ccc%15c(c%14)C(CCOCCOCCOC)(CCOCCOCCOC)c%14ccccc%14-%15)cc%14c(c3)c4c3c(c65)c(c87)c(c9%10)c(c%11%12)c3c%13%14)cc21. The van der Waals surface area contributed by atoms with Crippen molar-refractivity contribution >= 4 is 129 Å². The predicted molar refractivity (Wildman–Crippen MR) is 439 cm³/mol. The number of methoxy groups -OCH3 is 4. The van der Waals surface area contributed by atoms with Crippen molar-refractivity contribution in [2.45, 2.75) is 36.5 Å². The molecule has 546 valence electrons. The van der Waals surface area contributed by atoms with E-state index in [9.17, 15) is 0 Å². The third-order valence-electron chi connectivity index (χ3n) is 24.4. The summed E-state index contributed by atoms with van der Waals surface area (Å²) in [5.41, 5.74) is 14.1. The second-order valence-corrected chi connectivity index (χ2v) is 29.7. The highest BCUT2D eigenvalue weighted by Gasteiger charge is 2.45. The van der Waals surface area contributed by atoms with E-state index < -0.39 is 10.8 Å². The molecule has 2 aliphatic carbocycles. The fourth-order valence-electron chi connectivity index (χ4n) is 19.8. The molecule has 0 amide bonds. The van der Waals surface area contributed by atoms with Gasteiger partial charge in [-0.3, -0.25) is 0 Å². The molecule has 0 atom stereocenters. The molecule has 0 fully saturated rings. The van der Waals surface area contributed by atoms with Crippen molar-refractivity contribution in [3.8, 4) is 44.5 Å². The number of hydrogen-bond donors (Lipinski definition) is 0. The highest BCUT2D eigenvalue weighted by Crippen LogP contribution is 2.62. The molecule has 0 aromatic heterocycles. The molecule has 12 heteroatoms. The number of fused-ring (bicyclic) bond motifs is 12. The lowest BCUT2D eigenvalue weighted by Crippen LogP contribution is -2.29. The van der Waals surface area contributed by atoms with Gasteiger partial charge in [-0.05, 0) is 258 Å². The minimum absolute atomic E-state index is 0.428. The standard InChI is InChI=1S/C96H90O12/c1-97-37-41-105-49-45-101-33-29-95(30-34-102-46-50-106-42-38-98-2)79-23-7-5-13-63(79)65-27-25-59(57-81(65)95)61-53-75-73-21-11-19-71-69-17-9-15-67-68-16-10-18-70-72-20-12-22-74-76-54-62(56-78-77(55-61)87(75)93-91(85(71)73)89(83(67)69)90(84(68)70)92(86(72)74)94(93)88(76)78)60-26-28-66-64-14-6-8-24-80(64)96(82(66)58-60,31-35-103-47-51-107-43-39-99-3)32-36-104-48-52-108-44-40-100-4/h5-28,53-58H,29-52H2,1-4H3. The van der Waals surface area contributed by atoms with Crippen LogP contribution in [-0.2, 0) is 67.7 Å². The van der Waals surface area contributed by atoms with Crippen LogP contribution in [0.4, 0.5) is 0 Å². The van der Waals surface area contributed by atoms with Crippen molar-refractivity contribution in [2.24, 2.45) is 0 Å². The average Bonchev–Trinajstić information content (AvgIpc) is 0.842. The van der Waals surface area contributed by atoms with Crippen LogP contribution in [0.5, 0.6) is 0 Å². The molecule has 0 saturated heterocycles. The van der Waals surface area contributed by atoms with Gasteiger partial charge in [0.15, 0.2) is 0 Å². The van der Waals surface area contributed by atoms with Crippen LogP contribution in [0.25, 0.3) is 174 Å². The number of ether oxygens (including phenoxy) is 12. The van der Waals surface area contributed by atoms with Gasteiger partial charge in [-0.25, -0.2) is 0 Å². The zero-order valence-electron chi connectivity index (χ0n) is 62.2. The van der Waals surface area contributed by atoms with Crippen molar-refractivity contribution < 1.29 is 56.8 Å². The van der Waals surface area contributed by atoms with Gasteiger partial charge >= 0.3 is 0 Å². The van der Waals surface area contributed by atoms with Gasteiger partial charge in [-0.15, -0.1) is 0 Å². The van der Waals surface area contributed by atoms with Crippen LogP contribution in [0.15, 0.2) is 182 Å². The highest BCUT2D eigenvalue weighted by atomic mass is 16.6. The van der Waals surface area contributed by atoms with Crippen molar-refractivity contribution in [2.75, 3.05) is 161 Å². The number of rotatable bonds is 38. The topological polar surface area (TPSA) is 111 Å². The molecule has 108 heavy (non-hydrogen) atoms. The molecule has 2 aliphatic rings. The smallest absolute Gasteiger partial charge is 0.0701 e. The van der Waals surface area contributed by atoms with Crippen LogP contribution in [-0.4, -0.2) is 161 Å². The number of benzene rings is 17. The van der Waals surface area contributed by atoms with E-state index in [1.807, 2.05) is 0 Å². The molecule has 0 heterocycles. The number of hydrogen-bond acceptors (Lipinski definition) is 12. The van der Waals surface area contributed by atoms with E-state index in [0.717, 1.165) is 25.7 Å². The fourth-order valence-corrected chi connectivity index (χ4v) is 19.8. The highest BCUT2D eigenvalue weighted by molar-refractivity contribution is 6.61. The summed E-state index contributed by atoms with van der Waals surface area (Å²) in [4.78, 5) is 0. The third-order valence-corrected chi connectivity index (χ3v) is 24.4. The van der Waals surface area contributed by atoms with Crippen LogP contribution in [0.2, 0.25) is 0 Å². The van der Waals surface area contributed by atoms with E-state index in [4.69, 9.17) is 56.8 Å². The van der Waals surface area contributed by atoms with E-state index >= 15 is 0 Å². The summed E-state index contributed by atoms with van der Waals surface area (Å²) < 4.78 is 70.9. The normalized spacial score (nSPS) is 14.1. The molecule has 0 radical (unpaired) electrons. The molecule has 0 N–H and O–H groups in total. The van der Waals surface area contributed by atoms with Gasteiger partial charge in [0.05, 0.1) is 106 Å². The monoisotopic (exact) mass is 1430 g/mol. The van der Waals surface area contributed by atoms with Gasteiger partial charge in [0.2, 0.25) is 0 Å². The Labute approximate surface area is 628 Å². The molecule has 17 aromatic rings. The molecule has 0 spiro atoms. The maximum atomic E-state index is 6.55. The van der Waals surface area contributed by atoms with Crippen LogP contribution in [0.1, 0.15) is 47.9 Å². The van der Waals surface area contributed by atoms with Gasteiger partial charge in [0, 0.05) is 65.7 Å². The van der Waals surface area contributed by atoms with E-state index in [1.54, 1.807) is 28.4 Å². The second kappa shape index (κ2) is 29.4. The summed E-state index contributed by atoms with van der Waals surface area (Å²) in [7, 11) is 6.80. The molecule has 0 aliphatic heterocycles.